The number of anilines is 1. The van der Waals surface area contributed by atoms with Crippen molar-refractivity contribution in [2.75, 3.05) is 18.9 Å². The third kappa shape index (κ3) is 4.08. The van der Waals surface area contributed by atoms with Gasteiger partial charge in [0.25, 0.3) is 0 Å². The van der Waals surface area contributed by atoms with Gasteiger partial charge >= 0.3 is 5.97 Å². The van der Waals surface area contributed by atoms with E-state index in [9.17, 15) is 9.59 Å². The molecular formula is C11H12Br2N2O3. The molecule has 0 aromatic heterocycles. The van der Waals surface area contributed by atoms with E-state index in [-0.39, 0.29) is 23.6 Å². The van der Waals surface area contributed by atoms with E-state index in [2.05, 4.69) is 42.5 Å². The van der Waals surface area contributed by atoms with E-state index in [4.69, 9.17) is 5.11 Å². The molecule has 98 valence electrons. The first kappa shape index (κ1) is 15.1. The number of rotatable bonds is 5. The number of carboxylic acids is 1. The fourth-order valence-electron chi connectivity index (χ4n) is 1.31. The van der Waals surface area contributed by atoms with Crippen LogP contribution < -0.4 is 10.6 Å². The quantitative estimate of drug-likeness (QED) is 0.734. The first-order chi connectivity index (χ1) is 8.45. The van der Waals surface area contributed by atoms with Gasteiger partial charge in [0.05, 0.1) is 11.3 Å². The van der Waals surface area contributed by atoms with Gasteiger partial charge in [0.15, 0.2) is 0 Å². The number of halogens is 2. The second-order valence-electron chi connectivity index (χ2n) is 3.52. The average Bonchev–Trinajstić information content (AvgIpc) is 2.29. The van der Waals surface area contributed by atoms with Crippen LogP contribution in [0.2, 0.25) is 0 Å². The molecule has 0 bridgehead atoms. The van der Waals surface area contributed by atoms with Crippen LogP contribution in [0.15, 0.2) is 21.1 Å². The van der Waals surface area contributed by atoms with Crippen molar-refractivity contribution in [1.29, 1.82) is 0 Å². The normalized spacial score (nSPS) is 10.2. The molecule has 0 aliphatic carbocycles. The highest BCUT2D eigenvalue weighted by molar-refractivity contribution is 9.11. The molecule has 5 nitrogen and oxygen atoms in total. The minimum absolute atomic E-state index is 0.0362. The number of aromatic carboxylic acids is 1. The summed E-state index contributed by atoms with van der Waals surface area (Å²) in [7, 11) is 1.74. The lowest BCUT2D eigenvalue weighted by molar-refractivity contribution is -0.116. The summed E-state index contributed by atoms with van der Waals surface area (Å²) in [5.41, 5.74) is 0.306. The zero-order valence-corrected chi connectivity index (χ0v) is 12.8. The number of carboxylic acid groups (broad SMARTS) is 1. The van der Waals surface area contributed by atoms with Gasteiger partial charge in [0, 0.05) is 21.9 Å². The van der Waals surface area contributed by atoms with E-state index >= 15 is 0 Å². The van der Waals surface area contributed by atoms with E-state index in [1.54, 1.807) is 13.1 Å². The van der Waals surface area contributed by atoms with Crippen molar-refractivity contribution in [3.63, 3.8) is 0 Å². The number of nitrogens with one attached hydrogen (secondary N) is 2. The number of amides is 1. The molecule has 1 rings (SSSR count). The first-order valence-corrected chi connectivity index (χ1v) is 6.71. The minimum atomic E-state index is -1.10. The van der Waals surface area contributed by atoms with E-state index in [0.29, 0.717) is 15.5 Å². The summed E-state index contributed by atoms with van der Waals surface area (Å²) in [4.78, 5) is 22.7. The molecule has 3 N–H and O–H groups in total. The summed E-state index contributed by atoms with van der Waals surface area (Å²) in [5.74, 6) is -1.34. The summed E-state index contributed by atoms with van der Waals surface area (Å²) in [6.45, 7) is 0.530. The van der Waals surface area contributed by atoms with Crippen LogP contribution in [0.25, 0.3) is 0 Å². The molecular weight excluding hydrogens is 368 g/mol. The van der Waals surface area contributed by atoms with Crippen molar-refractivity contribution in [2.24, 2.45) is 0 Å². The Labute approximate surface area is 121 Å². The molecule has 1 aromatic carbocycles. The van der Waals surface area contributed by atoms with Crippen LogP contribution in [0, 0.1) is 0 Å². The van der Waals surface area contributed by atoms with Crippen molar-refractivity contribution >= 4 is 49.4 Å². The lowest BCUT2D eigenvalue weighted by atomic mass is 10.1. The number of hydrogen-bond acceptors (Lipinski definition) is 3. The van der Waals surface area contributed by atoms with Crippen molar-refractivity contribution in [1.82, 2.24) is 5.32 Å². The van der Waals surface area contributed by atoms with Gasteiger partial charge in [-0.05, 0) is 35.1 Å². The zero-order valence-electron chi connectivity index (χ0n) is 9.59. The van der Waals surface area contributed by atoms with E-state index in [1.165, 1.54) is 6.07 Å². The monoisotopic (exact) mass is 378 g/mol. The Bertz CT molecular complexity index is 478. The highest BCUT2D eigenvalue weighted by atomic mass is 79.9. The van der Waals surface area contributed by atoms with E-state index in [0.717, 1.165) is 0 Å². The number of hydrogen-bond donors (Lipinski definition) is 3. The van der Waals surface area contributed by atoms with Gasteiger partial charge < -0.3 is 15.7 Å². The molecule has 1 aromatic rings. The number of benzene rings is 1. The highest BCUT2D eigenvalue weighted by Crippen LogP contribution is 2.30. The lowest BCUT2D eigenvalue weighted by Crippen LogP contribution is -2.20. The summed E-state index contributed by atoms with van der Waals surface area (Å²) in [5, 5.41) is 14.5. The predicted molar refractivity (Wildman–Crippen MR) is 76.0 cm³/mol. The molecule has 0 atom stereocenters. The van der Waals surface area contributed by atoms with Crippen LogP contribution in [0.4, 0.5) is 5.69 Å². The van der Waals surface area contributed by atoms with Gasteiger partial charge in [-0.2, -0.15) is 0 Å². The molecule has 18 heavy (non-hydrogen) atoms. The largest absolute Gasteiger partial charge is 0.478 e. The molecule has 7 heteroatoms. The minimum Gasteiger partial charge on any atom is -0.478 e. The van der Waals surface area contributed by atoms with Crippen LogP contribution in [0.3, 0.4) is 0 Å². The maximum atomic E-state index is 11.6. The highest BCUT2D eigenvalue weighted by Gasteiger charge is 2.16. The fraction of sp³-hybridized carbons (Fsp3) is 0.273. The third-order valence-corrected chi connectivity index (χ3v) is 3.24. The van der Waals surface area contributed by atoms with Crippen LogP contribution in [-0.4, -0.2) is 30.6 Å². The molecule has 0 unspecified atom stereocenters. The Morgan fingerprint density at radius 1 is 1.33 bits per heavy atom. The van der Waals surface area contributed by atoms with Crippen LogP contribution in [0.5, 0.6) is 0 Å². The van der Waals surface area contributed by atoms with Gasteiger partial charge in [-0.25, -0.2) is 4.79 Å². The van der Waals surface area contributed by atoms with Crippen molar-refractivity contribution in [2.45, 2.75) is 6.42 Å². The Balaban J connectivity index is 3.00. The Morgan fingerprint density at radius 3 is 2.56 bits per heavy atom. The summed E-state index contributed by atoms with van der Waals surface area (Å²) in [6.07, 6.45) is 0.276. The Morgan fingerprint density at radius 2 is 2.00 bits per heavy atom. The maximum Gasteiger partial charge on any atom is 0.337 e. The number of carbonyl (C=O) groups excluding carboxylic acids is 1. The predicted octanol–water partition coefficient (Wildman–Crippen LogP) is 2.46. The van der Waals surface area contributed by atoms with Crippen molar-refractivity contribution in [3.8, 4) is 0 Å². The SMILES string of the molecule is CNCCC(=O)Nc1c(Br)cc(Br)cc1C(=O)O. The third-order valence-electron chi connectivity index (χ3n) is 2.15. The average molecular weight is 380 g/mol. The molecule has 0 fully saturated rings. The molecule has 0 spiro atoms. The zero-order chi connectivity index (χ0) is 13.7. The molecule has 0 heterocycles. The number of carbonyl (C=O) groups is 2. The molecule has 0 aliphatic heterocycles. The van der Waals surface area contributed by atoms with E-state index in [1.807, 2.05) is 0 Å². The Kier molecular flexibility index (Phi) is 5.77. The lowest BCUT2D eigenvalue weighted by Gasteiger charge is -2.11. The van der Waals surface area contributed by atoms with Crippen molar-refractivity contribution < 1.29 is 14.7 Å². The second-order valence-corrected chi connectivity index (χ2v) is 5.29. The summed E-state index contributed by atoms with van der Waals surface area (Å²) in [6, 6.07) is 3.13. The Hall–Kier alpha value is -0.920. The molecule has 0 saturated carbocycles. The van der Waals surface area contributed by atoms with Gasteiger partial charge in [0.1, 0.15) is 0 Å². The van der Waals surface area contributed by atoms with Gasteiger partial charge in [-0.1, -0.05) is 15.9 Å². The fourth-order valence-corrected chi connectivity index (χ4v) is 2.63. The van der Waals surface area contributed by atoms with Crippen LogP contribution in [-0.2, 0) is 4.79 Å². The van der Waals surface area contributed by atoms with Gasteiger partial charge in [-0.15, -0.1) is 0 Å². The standard InChI is InChI=1S/C11H12Br2N2O3/c1-14-3-2-9(16)15-10-7(11(17)18)4-6(12)5-8(10)13/h4-5,14H,2-3H2,1H3,(H,15,16)(H,17,18). The van der Waals surface area contributed by atoms with Crippen molar-refractivity contribution in [3.05, 3.63) is 26.6 Å². The molecule has 0 saturated heterocycles. The smallest absolute Gasteiger partial charge is 0.337 e. The molecule has 0 radical (unpaired) electrons. The topological polar surface area (TPSA) is 78.4 Å². The van der Waals surface area contributed by atoms with Crippen LogP contribution >= 0.6 is 31.9 Å². The second kappa shape index (κ2) is 6.86. The summed E-state index contributed by atoms with van der Waals surface area (Å²) >= 11 is 6.45. The summed E-state index contributed by atoms with van der Waals surface area (Å²) < 4.78 is 1.15. The van der Waals surface area contributed by atoms with Crippen LogP contribution in [0.1, 0.15) is 16.8 Å². The first-order valence-electron chi connectivity index (χ1n) is 5.12. The van der Waals surface area contributed by atoms with E-state index < -0.39 is 5.97 Å². The molecule has 0 aliphatic rings. The van der Waals surface area contributed by atoms with Gasteiger partial charge in [0.2, 0.25) is 5.91 Å². The van der Waals surface area contributed by atoms with Gasteiger partial charge in [-0.3, -0.25) is 4.79 Å². The molecule has 1 amide bonds. The maximum absolute atomic E-state index is 11.6.